The van der Waals surface area contributed by atoms with Crippen molar-refractivity contribution in [3.05, 3.63) is 109 Å². The molecule has 2 unspecified atom stereocenters. The fourth-order valence-electron chi connectivity index (χ4n) is 10.6. The van der Waals surface area contributed by atoms with Crippen molar-refractivity contribution in [3.63, 3.8) is 0 Å². The van der Waals surface area contributed by atoms with Crippen LogP contribution in [0, 0.1) is 0 Å². The highest BCUT2D eigenvalue weighted by atomic mass is 31.2. The normalized spacial score (nSPS) is 14.5. The molecule has 0 saturated heterocycles. The van der Waals surface area contributed by atoms with E-state index in [1.807, 2.05) is 30.4 Å². The van der Waals surface area contributed by atoms with Gasteiger partial charge in [0.25, 0.3) is 0 Å². The first-order valence-corrected chi connectivity index (χ1v) is 43.1. The quantitative estimate of drug-likeness (QED) is 0.0169. The number of hydrogen-bond acceptors (Lipinski definition) is 15. The van der Waals surface area contributed by atoms with Gasteiger partial charge in [-0.05, 0) is 103 Å². The highest BCUT2D eigenvalue weighted by Gasteiger charge is 2.30. The second kappa shape index (κ2) is 75.0. The first kappa shape index (κ1) is 97.7. The molecule has 0 spiro atoms. The van der Waals surface area contributed by atoms with Crippen molar-refractivity contribution in [3.8, 4) is 0 Å². The van der Waals surface area contributed by atoms with E-state index in [1.165, 1.54) is 148 Å². The lowest BCUT2D eigenvalue weighted by molar-refractivity contribution is -0.161. The van der Waals surface area contributed by atoms with Crippen LogP contribution in [0.2, 0.25) is 0 Å². The molecule has 0 aromatic rings. The van der Waals surface area contributed by atoms with Crippen LogP contribution in [0.15, 0.2) is 109 Å². The first-order chi connectivity index (χ1) is 49.7. The van der Waals surface area contributed by atoms with Crippen LogP contribution in [0.4, 0.5) is 0 Å². The van der Waals surface area contributed by atoms with Gasteiger partial charge in [-0.25, -0.2) is 9.13 Å². The molecule has 0 aliphatic carbocycles. The second-order valence-corrected chi connectivity index (χ2v) is 29.6. The molecule has 0 aromatic carbocycles. The Morgan fingerprint density at radius 3 is 0.833 bits per heavy atom. The summed E-state index contributed by atoms with van der Waals surface area (Å²) in [5, 5.41) is 10.6. The number of phosphoric acid groups is 2. The van der Waals surface area contributed by atoms with E-state index in [2.05, 4.69) is 107 Å². The van der Waals surface area contributed by atoms with Crippen molar-refractivity contribution < 1.29 is 80.2 Å². The van der Waals surface area contributed by atoms with E-state index >= 15 is 0 Å². The molecule has 0 aliphatic heterocycles. The first-order valence-electron chi connectivity index (χ1n) is 40.1. The molecular formula is C83H144O17P2. The van der Waals surface area contributed by atoms with E-state index in [4.69, 9.17) is 37.0 Å². The molecule has 0 aliphatic rings. The van der Waals surface area contributed by atoms with Crippen molar-refractivity contribution in [2.75, 3.05) is 39.6 Å². The monoisotopic (exact) mass is 1470 g/mol. The molecule has 0 rings (SSSR count). The average Bonchev–Trinajstić information content (AvgIpc) is 0.923. The molecule has 19 heteroatoms. The third-order valence-corrected chi connectivity index (χ3v) is 18.7. The van der Waals surface area contributed by atoms with Crippen LogP contribution >= 0.6 is 15.6 Å². The van der Waals surface area contributed by atoms with Crippen LogP contribution in [-0.4, -0.2) is 96.7 Å². The molecule has 0 heterocycles. The van der Waals surface area contributed by atoms with Crippen LogP contribution in [0.5, 0.6) is 0 Å². The summed E-state index contributed by atoms with van der Waals surface area (Å²) in [6, 6.07) is 0. The number of aliphatic hydroxyl groups is 1. The fraction of sp³-hybridized carbons (Fsp3) is 0.735. The standard InChI is InChI=1S/C83H144O17P2/c1-5-9-13-17-21-25-29-33-35-37-38-40-41-45-48-52-56-60-64-68-81(86)94-74-79(100-83(88)70-66-62-58-54-50-46-42-39-36-34-30-26-22-18-14-10-6-2)76-98-102(91,92)96-72-77(84)71-95-101(89,90)97-75-78(99-82(87)69-65-61-57-53-49-44-32-28-24-20-16-12-8-4)73-93-80(85)67-63-59-55-51-47-43-31-27-23-19-15-11-7-3/h21-22,25-26,33-36,38,40,42,45-46,48,54,56,58,60,77-79,84H,5-20,23-24,27-32,37,39,41,43-44,47,49-53,55,57,59,61-76H2,1-4H3,(H,89,90)(H,91,92)/b25-21-,26-22-,35-33-,36-34-,40-38-,46-42-,48-45-,58-54-,60-56-/t77-,78+,79+/m0/s1. The largest absolute Gasteiger partial charge is 0.472 e. The molecule has 3 N–H and O–H groups in total. The predicted molar refractivity (Wildman–Crippen MR) is 418 cm³/mol. The van der Waals surface area contributed by atoms with Crippen LogP contribution < -0.4 is 0 Å². The third kappa shape index (κ3) is 74.0. The lowest BCUT2D eigenvalue weighted by atomic mass is 10.0. The molecule has 17 nitrogen and oxygen atoms in total. The Balaban J connectivity index is 5.45. The maximum absolute atomic E-state index is 13.1. The number of esters is 4. The number of aliphatic hydroxyl groups excluding tert-OH is 1. The summed E-state index contributed by atoms with van der Waals surface area (Å²) in [5.41, 5.74) is 0. The lowest BCUT2D eigenvalue weighted by Gasteiger charge is -2.21. The molecule has 0 amide bonds. The van der Waals surface area contributed by atoms with E-state index in [1.54, 1.807) is 0 Å². The van der Waals surface area contributed by atoms with Gasteiger partial charge in [-0.15, -0.1) is 0 Å². The van der Waals surface area contributed by atoms with Crippen molar-refractivity contribution in [2.45, 2.75) is 354 Å². The maximum Gasteiger partial charge on any atom is 0.472 e. The van der Waals surface area contributed by atoms with Gasteiger partial charge >= 0.3 is 39.5 Å². The van der Waals surface area contributed by atoms with E-state index in [-0.39, 0.29) is 25.7 Å². The van der Waals surface area contributed by atoms with Crippen molar-refractivity contribution in [1.82, 2.24) is 0 Å². The summed E-state index contributed by atoms with van der Waals surface area (Å²) in [7, 11) is -9.99. The average molecular weight is 1480 g/mol. The Hall–Kier alpha value is -4.28. The summed E-state index contributed by atoms with van der Waals surface area (Å²) in [6.07, 6.45) is 80.9. The molecule has 0 radical (unpaired) electrons. The number of phosphoric ester groups is 2. The van der Waals surface area contributed by atoms with E-state index in [0.29, 0.717) is 38.5 Å². The minimum atomic E-state index is -5.01. The molecule has 0 bridgehead atoms. The van der Waals surface area contributed by atoms with Gasteiger partial charge in [0.1, 0.15) is 19.3 Å². The molecule has 0 aromatic heterocycles. The molecule has 0 fully saturated rings. The topological polar surface area (TPSA) is 237 Å². The molecule has 5 atom stereocenters. The molecule has 588 valence electrons. The second-order valence-electron chi connectivity index (χ2n) is 26.7. The van der Waals surface area contributed by atoms with Crippen molar-refractivity contribution >= 4 is 39.5 Å². The summed E-state index contributed by atoms with van der Waals surface area (Å²) in [4.78, 5) is 72.9. The van der Waals surface area contributed by atoms with Gasteiger partial charge in [0.15, 0.2) is 12.2 Å². The van der Waals surface area contributed by atoms with Gasteiger partial charge in [0.05, 0.1) is 26.4 Å². The number of hydrogen-bond donors (Lipinski definition) is 3. The maximum atomic E-state index is 13.1. The number of unbranched alkanes of at least 4 members (excludes halogenated alkanes) is 31. The predicted octanol–water partition coefficient (Wildman–Crippen LogP) is 23.3. The Labute approximate surface area is 619 Å². The zero-order valence-corrected chi connectivity index (χ0v) is 66.0. The Morgan fingerprint density at radius 1 is 0.275 bits per heavy atom. The SMILES string of the molecule is CCCCC/C=C\C/C=C\C/C=C\C/C=C\C/C=C\CCC(=O)OC[C@H](COP(=O)(O)OC[C@@H](O)COP(=O)(O)OC[C@@H](COC(=O)CCCCCCCCCCCCCCC)OC(=O)CCCCCCCCCCCCCCC)OC(=O)CCC/C=C\C/C=C\C/C=C\C/C=C\CCCCC. The van der Waals surface area contributed by atoms with Crippen LogP contribution in [-0.2, 0) is 65.4 Å². The van der Waals surface area contributed by atoms with Crippen molar-refractivity contribution in [1.29, 1.82) is 0 Å². The van der Waals surface area contributed by atoms with Crippen molar-refractivity contribution in [2.24, 2.45) is 0 Å². The molecule has 0 saturated carbocycles. The van der Waals surface area contributed by atoms with E-state index in [9.17, 15) is 43.2 Å². The summed E-state index contributed by atoms with van der Waals surface area (Å²) in [6.45, 7) is 4.71. The van der Waals surface area contributed by atoms with Gasteiger partial charge in [-0.1, -0.05) is 317 Å². The fourth-order valence-corrected chi connectivity index (χ4v) is 12.2. The van der Waals surface area contributed by atoms with Gasteiger partial charge in [-0.3, -0.25) is 37.3 Å². The highest BCUT2D eigenvalue weighted by Crippen LogP contribution is 2.45. The van der Waals surface area contributed by atoms with Crippen LogP contribution in [0.1, 0.15) is 336 Å². The van der Waals surface area contributed by atoms with Crippen LogP contribution in [0.25, 0.3) is 0 Å². The third-order valence-electron chi connectivity index (χ3n) is 16.8. The number of ether oxygens (including phenoxy) is 4. The number of carbonyl (C=O) groups excluding carboxylic acids is 4. The zero-order valence-electron chi connectivity index (χ0n) is 64.3. The van der Waals surface area contributed by atoms with Crippen LogP contribution in [0.3, 0.4) is 0 Å². The van der Waals surface area contributed by atoms with Gasteiger partial charge < -0.3 is 33.8 Å². The smallest absolute Gasteiger partial charge is 0.462 e. The van der Waals surface area contributed by atoms with Gasteiger partial charge in [0.2, 0.25) is 0 Å². The Bertz CT molecular complexity index is 2360. The Morgan fingerprint density at radius 2 is 0.510 bits per heavy atom. The number of rotatable bonds is 75. The zero-order chi connectivity index (χ0) is 74.6. The number of allylic oxidation sites excluding steroid dienone is 18. The molecule has 102 heavy (non-hydrogen) atoms. The lowest BCUT2D eigenvalue weighted by Crippen LogP contribution is -2.30. The minimum Gasteiger partial charge on any atom is -0.462 e. The molecular weight excluding hydrogens is 1330 g/mol. The minimum absolute atomic E-state index is 0.00295. The number of carbonyl (C=O) groups is 4. The van der Waals surface area contributed by atoms with Gasteiger partial charge in [-0.2, -0.15) is 0 Å². The van der Waals surface area contributed by atoms with Gasteiger partial charge in [0, 0.05) is 25.7 Å². The summed E-state index contributed by atoms with van der Waals surface area (Å²) in [5.74, 6) is -2.32. The Kier molecular flexibility index (Phi) is 71.8. The highest BCUT2D eigenvalue weighted by molar-refractivity contribution is 7.47. The van der Waals surface area contributed by atoms with E-state index < -0.39 is 97.5 Å². The van der Waals surface area contributed by atoms with E-state index in [0.717, 1.165) is 96.3 Å². The summed E-state index contributed by atoms with van der Waals surface area (Å²) < 4.78 is 68.4. The summed E-state index contributed by atoms with van der Waals surface area (Å²) >= 11 is 0.